The Morgan fingerprint density at radius 3 is 1.76 bits per heavy atom. The molecule has 0 radical (unpaired) electrons. The normalized spacial score (nSPS) is 21.4. The zero-order chi connectivity index (χ0) is 88.0. The van der Waals surface area contributed by atoms with Gasteiger partial charge in [-0.05, 0) is 105 Å². The smallest absolute Gasteiger partial charge is 0.326 e. The number of hydrogen-bond donors (Lipinski definition) is 23. The SMILES string of the molecule is COc1ccc(C[C@@H]2NC(=O)[C@H](CCCNC(=N)N)NC(=O)[C@H](CCC(N)=O)NC(=O)[C@H](Cc3c[nH]c4ccccc34)NC(=O)[C@H]([C@@H](C)O)NC(=O)[C@H](CC(N)=O)NC(=O)[C@@H](NC(C)=O)CC(=O)NCCCC[C@H](C(=O)N[C@@H](CC(N)=O)C(=O)N[C@@H](CC(N)=O)C(=O)O)NC(=O)C(C)(C)NC(=O)[C@H](Cc3ccc4ccccc4c3)NC2=O)cc1. The van der Waals surface area contributed by atoms with Crippen LogP contribution >= 0.6 is 0 Å². The lowest BCUT2D eigenvalue weighted by Crippen LogP contribution is -2.63. The van der Waals surface area contributed by atoms with Crippen molar-refractivity contribution in [3.8, 4) is 5.75 Å². The van der Waals surface area contributed by atoms with Gasteiger partial charge in [0.1, 0.15) is 77.7 Å². The van der Waals surface area contributed by atoms with Crippen molar-refractivity contribution in [3.63, 3.8) is 0 Å². The Labute approximate surface area is 681 Å². The second-order valence-corrected chi connectivity index (χ2v) is 29.0. The maximum Gasteiger partial charge on any atom is 0.326 e. The molecule has 5 aromatic rings. The van der Waals surface area contributed by atoms with Crippen molar-refractivity contribution in [1.82, 2.24) is 79.4 Å². The van der Waals surface area contributed by atoms with Gasteiger partial charge in [-0.25, -0.2) is 4.79 Å². The van der Waals surface area contributed by atoms with E-state index in [1.807, 2.05) is 11.4 Å². The molecule has 4 aromatic carbocycles. The van der Waals surface area contributed by atoms with Gasteiger partial charge >= 0.3 is 5.97 Å². The molecule has 12 atom stereocenters. The minimum atomic E-state index is -2.12. The fourth-order valence-corrected chi connectivity index (χ4v) is 12.6. The lowest BCUT2D eigenvalue weighted by atomic mass is 9.97. The van der Waals surface area contributed by atoms with E-state index in [0.29, 0.717) is 38.7 Å². The predicted molar refractivity (Wildman–Crippen MR) is 425 cm³/mol. The number of benzene rings is 4. The van der Waals surface area contributed by atoms with Crippen LogP contribution in [0.25, 0.3) is 21.7 Å². The number of carbonyl (C=O) groups excluding carboxylic acids is 17. The molecule has 0 saturated carbocycles. The summed E-state index contributed by atoms with van der Waals surface area (Å²) in [5, 5.41) is 65.1. The van der Waals surface area contributed by atoms with Crippen LogP contribution in [0.1, 0.15) is 115 Å². The van der Waals surface area contributed by atoms with Crippen molar-refractivity contribution < 1.29 is 101 Å². The van der Waals surface area contributed by atoms with E-state index in [9.17, 15) is 72.5 Å². The van der Waals surface area contributed by atoms with Crippen LogP contribution in [0, 0.1) is 5.41 Å². The number of nitrogens with one attached hydrogen (secondary N) is 16. The Balaban J connectivity index is 1.50. The van der Waals surface area contributed by atoms with Crippen LogP contribution in [0.15, 0.2) is 97.2 Å². The molecule has 42 heteroatoms. The van der Waals surface area contributed by atoms with Crippen molar-refractivity contribution in [1.29, 1.82) is 5.41 Å². The Kier molecular flexibility index (Phi) is 35.5. The highest BCUT2D eigenvalue weighted by Crippen LogP contribution is 2.22. The Bertz CT molecular complexity index is 4590. The Morgan fingerprint density at radius 2 is 1.15 bits per heavy atom. The number of nitrogens with two attached hydrogens (primary N) is 5. The second kappa shape index (κ2) is 44.9. The molecule has 1 aliphatic rings. The summed E-state index contributed by atoms with van der Waals surface area (Å²) in [5.74, 6) is -21.4. The van der Waals surface area contributed by atoms with Gasteiger partial charge in [0.05, 0.1) is 38.9 Å². The molecule has 119 heavy (non-hydrogen) atoms. The highest BCUT2D eigenvalue weighted by molar-refractivity contribution is 6.03. The second-order valence-electron chi connectivity index (χ2n) is 29.0. The zero-order valence-electron chi connectivity index (χ0n) is 66.0. The number of primary amides is 4. The van der Waals surface area contributed by atoms with E-state index < -0.39 is 242 Å². The molecule has 1 saturated heterocycles. The van der Waals surface area contributed by atoms with Crippen LogP contribution in [0.3, 0.4) is 0 Å². The molecular weight excluding hydrogens is 1550 g/mol. The van der Waals surface area contributed by atoms with Crippen LogP contribution in [-0.2, 0) is 106 Å². The summed E-state index contributed by atoms with van der Waals surface area (Å²) in [7, 11) is 1.40. The molecule has 0 unspecified atom stereocenters. The van der Waals surface area contributed by atoms with Gasteiger partial charge < -0.3 is 123 Å². The lowest BCUT2D eigenvalue weighted by molar-refractivity contribution is -0.144. The number of fused-ring (bicyclic) bond motifs is 2. The number of carboxylic acids is 1. The number of guanidine groups is 1. The Hall–Kier alpha value is -13.8. The summed E-state index contributed by atoms with van der Waals surface area (Å²) in [5.41, 5.74) is 27.1. The number of aliphatic carboxylic acids is 1. The minimum absolute atomic E-state index is 0.0541. The summed E-state index contributed by atoms with van der Waals surface area (Å²) in [6, 6.07) is 4.86. The van der Waals surface area contributed by atoms with E-state index in [1.165, 1.54) is 27.2 Å². The molecule has 1 aromatic heterocycles. The van der Waals surface area contributed by atoms with Crippen LogP contribution in [-0.4, -0.2) is 226 Å². The van der Waals surface area contributed by atoms with Gasteiger partial charge in [-0.3, -0.25) is 86.9 Å². The van der Waals surface area contributed by atoms with E-state index >= 15 is 24.0 Å². The number of carboxylic acid groups (broad SMARTS) is 1. The molecule has 42 nitrogen and oxygen atoms in total. The number of methoxy groups -OCH3 is 1. The first-order chi connectivity index (χ1) is 56.2. The van der Waals surface area contributed by atoms with E-state index in [-0.39, 0.29) is 51.6 Å². The summed E-state index contributed by atoms with van der Waals surface area (Å²) in [6.45, 7) is 4.05. The molecule has 28 N–H and O–H groups in total. The van der Waals surface area contributed by atoms with Crippen molar-refractivity contribution in [2.75, 3.05) is 20.2 Å². The lowest BCUT2D eigenvalue weighted by Gasteiger charge is -2.31. The summed E-state index contributed by atoms with van der Waals surface area (Å²) < 4.78 is 5.37. The third-order valence-corrected chi connectivity index (χ3v) is 18.9. The predicted octanol–water partition coefficient (Wildman–Crippen LogP) is -6.08. The first-order valence-electron chi connectivity index (χ1n) is 37.9. The van der Waals surface area contributed by atoms with E-state index in [0.717, 1.165) is 19.2 Å². The fraction of sp³-hybridized carbons (Fsp3) is 0.442. The van der Waals surface area contributed by atoms with Gasteiger partial charge in [0, 0.05) is 62.8 Å². The standard InChI is InChI=1S/C77H103N21O21/c1-38(99)63-73(115)94-53(32-44-37-86-47-16-9-8-15-46(44)47)68(110)89-50(25-26-58(78)101)66(108)88-48(18-12-28-85-76(82)83)64(106)90-51(30-40-20-23-45(119-5)24-21-40)67(109)91-52(31-41-19-22-42-13-6-7-14-43(42)29-41)72(114)98-77(3,4)75(118)96-49(65(107)92-54(33-59(79)102)69(111)95-57(74(116)117)35-61(81)104)17-10-11-27-84-62(105)36-56(87-39(2)100)70(112)93-55(34-60(80)103)71(113)97-63/h6-9,13-16,19-24,29,37-38,48-57,63,86,99H,10-12,17-18,25-28,30-36H2,1-5H3,(H2,78,101)(H2,79,102)(H2,80,103)(H2,81,104)(H,84,105)(H,87,100)(H,88,108)(H,89,110)(H,90,106)(H,91,109)(H,92,107)(H,93,112)(H,94,115)(H,95,111)(H,96,118)(H,97,113)(H,98,114)(H,116,117)(H4,82,83,85)/t38-,48+,49-,50+,51+,52+,53+,54+,55+,56+,57+,63+/m1/s1. The zero-order valence-corrected chi connectivity index (χ0v) is 66.0. The number of amides is 17. The molecule has 642 valence electrons. The molecule has 17 amide bonds. The van der Waals surface area contributed by atoms with Gasteiger partial charge in [-0.15, -0.1) is 0 Å². The van der Waals surface area contributed by atoms with Crippen molar-refractivity contribution >= 4 is 134 Å². The average Bonchev–Trinajstić information content (AvgIpc) is 1.81. The molecular formula is C77H103N21O21. The molecule has 1 fully saturated rings. The molecule has 2 heterocycles. The van der Waals surface area contributed by atoms with Crippen molar-refractivity contribution in [2.24, 2.45) is 28.7 Å². The van der Waals surface area contributed by atoms with Gasteiger partial charge in [-0.2, -0.15) is 0 Å². The quantitative estimate of drug-likeness (QED) is 0.0132. The number of H-pyrrole nitrogens is 1. The van der Waals surface area contributed by atoms with Crippen LogP contribution < -0.4 is 108 Å². The highest BCUT2D eigenvalue weighted by atomic mass is 16.5. The number of ether oxygens (including phenoxy) is 1. The number of hydrogen-bond acceptors (Lipinski definition) is 21. The van der Waals surface area contributed by atoms with E-state index in [4.69, 9.17) is 38.8 Å². The average molecular weight is 1660 g/mol. The number of rotatable bonds is 27. The topological polar surface area (TPSA) is 695 Å². The molecule has 6 rings (SSSR count). The number of carbonyl (C=O) groups is 18. The third-order valence-electron chi connectivity index (χ3n) is 18.9. The van der Waals surface area contributed by atoms with Crippen LogP contribution in [0.4, 0.5) is 0 Å². The molecule has 0 aliphatic carbocycles. The summed E-state index contributed by atoms with van der Waals surface area (Å²) in [4.78, 5) is 253. The minimum Gasteiger partial charge on any atom is -0.497 e. The van der Waals surface area contributed by atoms with Gasteiger partial charge in [0.25, 0.3) is 0 Å². The van der Waals surface area contributed by atoms with Crippen LogP contribution in [0.5, 0.6) is 5.75 Å². The van der Waals surface area contributed by atoms with E-state index in [1.54, 1.807) is 84.9 Å². The molecule has 0 spiro atoms. The van der Waals surface area contributed by atoms with Gasteiger partial charge in [-0.1, -0.05) is 72.8 Å². The summed E-state index contributed by atoms with van der Waals surface area (Å²) >= 11 is 0. The van der Waals surface area contributed by atoms with Crippen molar-refractivity contribution in [2.45, 2.75) is 196 Å². The van der Waals surface area contributed by atoms with Gasteiger partial charge in [0.15, 0.2) is 5.96 Å². The molecule has 1 aliphatic heterocycles. The maximum absolute atomic E-state index is 15.4. The fourth-order valence-electron chi connectivity index (χ4n) is 12.6. The maximum atomic E-state index is 15.4. The summed E-state index contributed by atoms with van der Waals surface area (Å²) in [6.07, 6.45) is -7.50. The number of aromatic nitrogens is 1. The number of aliphatic hydroxyl groups excluding tert-OH is 1. The number of aliphatic hydroxyl groups is 1. The monoisotopic (exact) mass is 1660 g/mol. The number of aromatic amines is 1. The van der Waals surface area contributed by atoms with E-state index in [2.05, 4.69) is 74.1 Å². The third kappa shape index (κ3) is 30.4. The van der Waals surface area contributed by atoms with Crippen LogP contribution in [0.2, 0.25) is 0 Å². The first-order valence-corrected chi connectivity index (χ1v) is 37.9. The molecule has 0 bridgehead atoms. The van der Waals surface area contributed by atoms with Gasteiger partial charge in [0.2, 0.25) is 100 Å². The first kappa shape index (κ1) is 94.0. The Morgan fingerprint density at radius 1 is 0.597 bits per heavy atom. The van der Waals surface area contributed by atoms with Crippen molar-refractivity contribution in [3.05, 3.63) is 114 Å². The number of para-hydroxylation sites is 1. The highest BCUT2D eigenvalue weighted by Gasteiger charge is 2.41. The largest absolute Gasteiger partial charge is 0.497 e.